The largest absolute Gasteiger partial charge is 0.387 e. The second kappa shape index (κ2) is 4.38. The van der Waals surface area contributed by atoms with Crippen molar-refractivity contribution in [1.82, 2.24) is 4.98 Å². The third-order valence-electron chi connectivity index (χ3n) is 3.27. The van der Waals surface area contributed by atoms with E-state index in [0.29, 0.717) is 36.0 Å². The number of benzene rings is 1. The zero-order valence-electron chi connectivity index (χ0n) is 10.2. The van der Waals surface area contributed by atoms with E-state index in [1.165, 1.54) is 0 Å². The van der Waals surface area contributed by atoms with Crippen LogP contribution in [0.2, 0.25) is 0 Å². The molecule has 0 aliphatic carbocycles. The highest BCUT2D eigenvalue weighted by molar-refractivity contribution is 5.94. The average molecular weight is 268 g/mol. The first-order chi connectivity index (χ1) is 9.13. The van der Waals surface area contributed by atoms with Crippen LogP contribution in [0.4, 0.5) is 18.9 Å². The molecule has 3 rings (SSSR count). The van der Waals surface area contributed by atoms with E-state index in [0.717, 1.165) is 0 Å². The van der Waals surface area contributed by atoms with Gasteiger partial charge in [0.15, 0.2) is 17.5 Å². The highest BCUT2D eigenvalue weighted by Gasteiger charge is 2.23. The van der Waals surface area contributed by atoms with Crippen molar-refractivity contribution < 1.29 is 17.9 Å². The number of anilines is 1. The fourth-order valence-corrected chi connectivity index (χ4v) is 2.40. The Balaban J connectivity index is 2.47. The monoisotopic (exact) mass is 268 g/mol. The van der Waals surface area contributed by atoms with Crippen LogP contribution in [-0.4, -0.2) is 18.6 Å². The molecule has 0 unspecified atom stereocenters. The normalized spacial score (nSPS) is 14.5. The Bertz CT molecular complexity index is 673. The summed E-state index contributed by atoms with van der Waals surface area (Å²) in [7, 11) is 1.58. The highest BCUT2D eigenvalue weighted by Crippen LogP contribution is 2.34. The number of aromatic nitrogens is 1. The maximum atomic E-state index is 13.9. The summed E-state index contributed by atoms with van der Waals surface area (Å²) in [6.07, 6.45) is 0.526. The third-order valence-corrected chi connectivity index (χ3v) is 3.27. The van der Waals surface area contributed by atoms with Gasteiger partial charge < -0.3 is 10.1 Å². The quantitative estimate of drug-likeness (QED) is 0.807. The number of hydrogen-bond donors (Lipinski definition) is 1. The number of nitrogens with one attached hydrogen (secondary N) is 1. The van der Waals surface area contributed by atoms with Crippen LogP contribution in [0.5, 0.6) is 0 Å². The molecule has 19 heavy (non-hydrogen) atoms. The molecule has 1 aromatic heterocycles. The van der Waals surface area contributed by atoms with Crippen molar-refractivity contribution >= 4 is 16.6 Å². The van der Waals surface area contributed by atoms with Crippen LogP contribution in [0.3, 0.4) is 0 Å². The molecule has 2 heterocycles. The summed E-state index contributed by atoms with van der Waals surface area (Å²) in [6.45, 7) is 0.742. The first kappa shape index (κ1) is 12.2. The van der Waals surface area contributed by atoms with E-state index < -0.39 is 17.5 Å². The molecule has 0 saturated heterocycles. The second-order valence-electron chi connectivity index (χ2n) is 4.34. The van der Waals surface area contributed by atoms with Crippen LogP contribution < -0.4 is 5.32 Å². The van der Waals surface area contributed by atoms with Gasteiger partial charge in [-0.2, -0.15) is 0 Å². The van der Waals surface area contributed by atoms with E-state index in [1.807, 2.05) is 0 Å². The molecular weight excluding hydrogens is 257 g/mol. The van der Waals surface area contributed by atoms with Crippen LogP contribution in [0.1, 0.15) is 11.3 Å². The number of rotatable bonds is 1. The summed E-state index contributed by atoms with van der Waals surface area (Å²) in [6, 6.07) is 0.524. The van der Waals surface area contributed by atoms with Gasteiger partial charge in [-0.15, -0.1) is 0 Å². The van der Waals surface area contributed by atoms with Crippen LogP contribution >= 0.6 is 0 Å². The molecule has 1 N–H and O–H groups in total. The first-order valence-electron chi connectivity index (χ1n) is 5.88. The predicted octanol–water partition coefficient (Wildman–Crippen LogP) is 2.77. The summed E-state index contributed by atoms with van der Waals surface area (Å²) in [4.78, 5) is 4.12. The van der Waals surface area contributed by atoms with Crippen molar-refractivity contribution in [2.45, 2.75) is 13.0 Å². The lowest BCUT2D eigenvalue weighted by molar-refractivity contribution is 0.110. The molecule has 1 aliphatic rings. The van der Waals surface area contributed by atoms with Crippen LogP contribution in [0.25, 0.3) is 10.9 Å². The Morgan fingerprint density at radius 3 is 2.79 bits per heavy atom. The lowest BCUT2D eigenvalue weighted by atomic mass is 10.0. The topological polar surface area (TPSA) is 34.2 Å². The Labute approximate surface area is 107 Å². The van der Waals surface area contributed by atoms with Gasteiger partial charge in [0.05, 0.1) is 30.0 Å². The summed E-state index contributed by atoms with van der Waals surface area (Å²) in [5.74, 6) is -3.18. The van der Waals surface area contributed by atoms with Gasteiger partial charge in [0, 0.05) is 25.1 Å². The molecular formula is C13H11F3N2O. The zero-order chi connectivity index (χ0) is 13.6. The van der Waals surface area contributed by atoms with Crippen LogP contribution in [-0.2, 0) is 17.8 Å². The molecule has 100 valence electrons. The van der Waals surface area contributed by atoms with Crippen molar-refractivity contribution in [2.24, 2.45) is 0 Å². The van der Waals surface area contributed by atoms with E-state index in [2.05, 4.69) is 10.3 Å². The molecule has 3 nitrogen and oxygen atoms in total. The van der Waals surface area contributed by atoms with E-state index >= 15 is 0 Å². The van der Waals surface area contributed by atoms with Crippen LogP contribution in [0.15, 0.2) is 6.07 Å². The van der Waals surface area contributed by atoms with Gasteiger partial charge in [-0.1, -0.05) is 0 Å². The highest BCUT2D eigenvalue weighted by atomic mass is 19.2. The fraction of sp³-hybridized carbons (Fsp3) is 0.308. The van der Waals surface area contributed by atoms with Gasteiger partial charge in [-0.3, -0.25) is 0 Å². The third kappa shape index (κ3) is 1.74. The molecule has 1 aliphatic heterocycles. The minimum atomic E-state index is -1.22. The summed E-state index contributed by atoms with van der Waals surface area (Å²) in [5, 5.41) is 2.64. The number of fused-ring (bicyclic) bond motifs is 2. The van der Waals surface area contributed by atoms with Crippen molar-refractivity contribution in [2.75, 3.05) is 19.0 Å². The second-order valence-corrected chi connectivity index (χ2v) is 4.34. The fourth-order valence-electron chi connectivity index (χ4n) is 2.40. The molecule has 6 heteroatoms. The number of pyridine rings is 1. The van der Waals surface area contributed by atoms with Crippen molar-refractivity contribution in [1.29, 1.82) is 0 Å². The first-order valence-corrected chi connectivity index (χ1v) is 5.88. The SMILES string of the molecule is CNc1c2c(nc3c(F)cc(F)c(F)c13)CCOC2. The summed E-state index contributed by atoms with van der Waals surface area (Å²) in [5.41, 5.74) is 1.51. The van der Waals surface area contributed by atoms with Crippen LogP contribution in [0, 0.1) is 17.5 Å². The maximum absolute atomic E-state index is 13.9. The Morgan fingerprint density at radius 2 is 2.05 bits per heavy atom. The summed E-state index contributed by atoms with van der Waals surface area (Å²) < 4.78 is 46.4. The van der Waals surface area contributed by atoms with Gasteiger partial charge in [0.25, 0.3) is 0 Å². The Morgan fingerprint density at radius 1 is 1.26 bits per heavy atom. The van der Waals surface area contributed by atoms with Gasteiger partial charge >= 0.3 is 0 Å². The van der Waals surface area contributed by atoms with E-state index in [9.17, 15) is 13.2 Å². The van der Waals surface area contributed by atoms with Gasteiger partial charge in [-0.25, -0.2) is 18.2 Å². The number of halogens is 3. The number of nitrogens with zero attached hydrogens (tertiary/aromatic N) is 1. The Hall–Kier alpha value is -1.82. The molecule has 0 spiro atoms. The van der Waals surface area contributed by atoms with Gasteiger partial charge in [0.1, 0.15) is 5.52 Å². The Kier molecular flexibility index (Phi) is 2.82. The zero-order valence-corrected chi connectivity index (χ0v) is 10.2. The van der Waals surface area contributed by atoms with Gasteiger partial charge in [0.2, 0.25) is 0 Å². The van der Waals surface area contributed by atoms with Gasteiger partial charge in [-0.05, 0) is 0 Å². The molecule has 0 amide bonds. The molecule has 0 saturated carbocycles. The molecule has 0 fully saturated rings. The molecule has 0 radical (unpaired) electrons. The molecule has 1 aromatic carbocycles. The molecule has 0 bridgehead atoms. The van der Waals surface area contributed by atoms with E-state index in [-0.39, 0.29) is 17.5 Å². The lowest BCUT2D eigenvalue weighted by Crippen LogP contribution is -2.15. The number of hydrogen-bond acceptors (Lipinski definition) is 3. The lowest BCUT2D eigenvalue weighted by Gasteiger charge is -2.21. The van der Waals surface area contributed by atoms with Crippen molar-refractivity contribution in [3.05, 3.63) is 34.8 Å². The predicted molar refractivity (Wildman–Crippen MR) is 64.5 cm³/mol. The number of ether oxygens (including phenoxy) is 1. The average Bonchev–Trinajstić information content (AvgIpc) is 2.42. The van der Waals surface area contributed by atoms with E-state index in [1.54, 1.807) is 7.05 Å². The standard InChI is InChI=1S/C13H11F3N2O/c1-17-12-6-5-19-3-2-9(6)18-13-8(15)4-7(14)11(16)10(12)13/h4H,2-3,5H2,1H3,(H,17,18). The van der Waals surface area contributed by atoms with Crippen molar-refractivity contribution in [3.63, 3.8) is 0 Å². The smallest absolute Gasteiger partial charge is 0.170 e. The van der Waals surface area contributed by atoms with E-state index in [4.69, 9.17) is 4.74 Å². The summed E-state index contributed by atoms with van der Waals surface area (Å²) >= 11 is 0. The molecule has 0 atom stereocenters. The maximum Gasteiger partial charge on any atom is 0.170 e. The minimum absolute atomic E-state index is 0.149. The molecule has 2 aromatic rings. The van der Waals surface area contributed by atoms with Crippen molar-refractivity contribution in [3.8, 4) is 0 Å². The minimum Gasteiger partial charge on any atom is -0.387 e.